The van der Waals surface area contributed by atoms with Crippen LogP contribution in [0.5, 0.6) is 5.75 Å². The largest absolute Gasteiger partial charge is 0.423 e. The fourth-order valence-corrected chi connectivity index (χ4v) is 3.16. The van der Waals surface area contributed by atoms with Gasteiger partial charge in [-0.05, 0) is 58.6 Å². The van der Waals surface area contributed by atoms with Crippen molar-refractivity contribution in [3.63, 3.8) is 0 Å². The first-order chi connectivity index (χ1) is 12.7. The first kappa shape index (κ1) is 18.9. The second-order valence-electron chi connectivity index (χ2n) is 7.15. The summed E-state index contributed by atoms with van der Waals surface area (Å²) < 4.78 is 5.41. The van der Waals surface area contributed by atoms with Gasteiger partial charge in [-0.2, -0.15) is 4.99 Å². The number of aliphatic imine (C=N–C) groups is 1. The van der Waals surface area contributed by atoms with Crippen molar-refractivity contribution in [3.05, 3.63) is 70.1 Å². The average molecular weight is 380 g/mol. The first-order valence-corrected chi connectivity index (χ1v) is 9.25. The predicted molar refractivity (Wildman–Crippen MR) is 109 cm³/mol. The summed E-state index contributed by atoms with van der Waals surface area (Å²) in [7, 11) is 0. The van der Waals surface area contributed by atoms with Crippen molar-refractivity contribution in [2.45, 2.75) is 26.2 Å². The van der Waals surface area contributed by atoms with Crippen molar-refractivity contribution in [3.8, 4) is 5.75 Å². The second-order valence-corrected chi connectivity index (χ2v) is 8.21. The van der Waals surface area contributed by atoms with Gasteiger partial charge in [0.25, 0.3) is 5.91 Å². The van der Waals surface area contributed by atoms with Gasteiger partial charge in [0.05, 0.1) is 10.5 Å². The first-order valence-electron chi connectivity index (χ1n) is 8.43. The molecule has 27 heavy (non-hydrogen) atoms. The van der Waals surface area contributed by atoms with Crippen molar-refractivity contribution in [1.82, 2.24) is 0 Å². The molecule has 6 heteroatoms. The van der Waals surface area contributed by atoms with E-state index >= 15 is 0 Å². The molecule has 138 valence electrons. The molecule has 0 aromatic heterocycles. The number of esters is 1. The molecule has 1 aliphatic rings. The monoisotopic (exact) mass is 380 g/mol. The minimum absolute atomic E-state index is 0.0292. The van der Waals surface area contributed by atoms with Crippen LogP contribution < -0.4 is 10.5 Å². The molecule has 0 saturated carbocycles. The molecular formula is C21H20N2O3S. The summed E-state index contributed by atoms with van der Waals surface area (Å²) in [6.07, 6.45) is 1.70. The maximum atomic E-state index is 12.3. The maximum Gasteiger partial charge on any atom is 0.343 e. The number of nitrogens with zero attached hydrogens (tertiary/aromatic N) is 1. The number of rotatable bonds is 3. The second kappa shape index (κ2) is 7.40. The maximum absolute atomic E-state index is 12.3. The highest BCUT2D eigenvalue weighted by atomic mass is 32.2. The predicted octanol–water partition coefficient (Wildman–Crippen LogP) is 4.13. The smallest absolute Gasteiger partial charge is 0.343 e. The summed E-state index contributed by atoms with van der Waals surface area (Å²) in [6, 6.07) is 14.3. The number of hydrogen-bond donors (Lipinski definition) is 1. The lowest BCUT2D eigenvalue weighted by Crippen LogP contribution is -2.12. The fourth-order valence-electron chi connectivity index (χ4n) is 2.48. The van der Waals surface area contributed by atoms with E-state index in [4.69, 9.17) is 10.5 Å². The van der Waals surface area contributed by atoms with Crippen LogP contribution in [0.25, 0.3) is 6.08 Å². The van der Waals surface area contributed by atoms with E-state index in [1.807, 2.05) is 12.1 Å². The lowest BCUT2D eigenvalue weighted by atomic mass is 9.87. The number of amidine groups is 1. The summed E-state index contributed by atoms with van der Waals surface area (Å²) >= 11 is 1.14. The van der Waals surface area contributed by atoms with E-state index in [9.17, 15) is 9.59 Å². The van der Waals surface area contributed by atoms with Crippen LogP contribution in [-0.4, -0.2) is 17.0 Å². The highest BCUT2D eigenvalue weighted by Gasteiger charge is 2.19. The molecule has 0 atom stereocenters. The number of amides is 1. The topological polar surface area (TPSA) is 81.8 Å². The number of benzene rings is 2. The number of carbonyl (C=O) groups excluding carboxylic acids is 2. The van der Waals surface area contributed by atoms with E-state index in [0.29, 0.717) is 16.2 Å². The van der Waals surface area contributed by atoms with Crippen LogP contribution in [0.2, 0.25) is 0 Å². The van der Waals surface area contributed by atoms with E-state index in [-0.39, 0.29) is 16.5 Å². The Morgan fingerprint density at radius 2 is 1.70 bits per heavy atom. The minimum atomic E-state index is -0.413. The van der Waals surface area contributed by atoms with Gasteiger partial charge in [0, 0.05) is 0 Å². The van der Waals surface area contributed by atoms with E-state index in [2.05, 4.69) is 25.8 Å². The molecule has 1 aliphatic heterocycles. The van der Waals surface area contributed by atoms with E-state index in [0.717, 1.165) is 22.9 Å². The summed E-state index contributed by atoms with van der Waals surface area (Å²) in [4.78, 5) is 28.1. The zero-order valence-electron chi connectivity index (χ0n) is 15.4. The Hall–Kier alpha value is -2.86. The Kier molecular flexibility index (Phi) is 5.19. The average Bonchev–Trinajstić information content (AvgIpc) is 2.93. The lowest BCUT2D eigenvalue weighted by Gasteiger charge is -2.18. The van der Waals surface area contributed by atoms with Gasteiger partial charge in [-0.15, -0.1) is 0 Å². The van der Waals surface area contributed by atoms with Crippen molar-refractivity contribution >= 4 is 34.9 Å². The molecule has 0 unspecified atom stereocenters. The summed E-state index contributed by atoms with van der Waals surface area (Å²) in [5.41, 5.74) is 8.00. The van der Waals surface area contributed by atoms with Crippen molar-refractivity contribution < 1.29 is 14.3 Å². The molecule has 1 amide bonds. The molecule has 2 N–H and O–H groups in total. The molecule has 0 aliphatic carbocycles. The normalized spacial score (nSPS) is 15.7. The van der Waals surface area contributed by atoms with Gasteiger partial charge in [0.2, 0.25) is 0 Å². The summed E-state index contributed by atoms with van der Waals surface area (Å²) in [5.74, 6) is -0.320. The summed E-state index contributed by atoms with van der Waals surface area (Å²) in [5, 5.41) is 0.245. The van der Waals surface area contributed by atoms with Crippen LogP contribution in [0.1, 0.15) is 42.3 Å². The van der Waals surface area contributed by atoms with Gasteiger partial charge in [-0.1, -0.05) is 45.0 Å². The van der Waals surface area contributed by atoms with Crippen LogP contribution in [0, 0.1) is 0 Å². The molecule has 0 saturated heterocycles. The van der Waals surface area contributed by atoms with Gasteiger partial charge in [0.1, 0.15) is 5.75 Å². The number of nitrogens with two attached hydrogens (primary N) is 1. The van der Waals surface area contributed by atoms with Gasteiger partial charge in [-0.3, -0.25) is 4.79 Å². The zero-order chi connectivity index (χ0) is 19.6. The lowest BCUT2D eigenvalue weighted by molar-refractivity contribution is -0.113. The fraction of sp³-hybridized carbons (Fsp3) is 0.190. The highest BCUT2D eigenvalue weighted by Crippen LogP contribution is 2.27. The molecule has 2 aromatic rings. The van der Waals surface area contributed by atoms with Crippen LogP contribution in [0.15, 0.2) is 58.4 Å². The number of ether oxygens (including phenoxy) is 1. The van der Waals surface area contributed by atoms with Gasteiger partial charge >= 0.3 is 5.97 Å². The van der Waals surface area contributed by atoms with Crippen LogP contribution in [-0.2, 0) is 10.2 Å². The number of carbonyl (C=O) groups is 2. The third kappa shape index (κ3) is 4.65. The molecule has 0 radical (unpaired) electrons. The van der Waals surface area contributed by atoms with Crippen molar-refractivity contribution in [1.29, 1.82) is 0 Å². The Balaban J connectivity index is 1.67. The molecule has 3 rings (SSSR count). The third-order valence-corrected chi connectivity index (χ3v) is 4.82. The molecule has 5 nitrogen and oxygen atoms in total. The van der Waals surface area contributed by atoms with E-state index < -0.39 is 5.97 Å². The standard InChI is InChI=1S/C21H20N2O3S/c1-21(2,3)15-8-6-14(7-9-15)19(25)26-16-10-4-13(5-11-16)12-17-18(24)23-20(22)27-17/h4-12H,1-3H3,(H2,22,23,24)/b17-12-. The zero-order valence-corrected chi connectivity index (χ0v) is 16.2. The quantitative estimate of drug-likeness (QED) is 0.492. The van der Waals surface area contributed by atoms with Crippen LogP contribution >= 0.6 is 11.8 Å². The molecule has 1 heterocycles. The van der Waals surface area contributed by atoms with Crippen molar-refractivity contribution in [2.75, 3.05) is 0 Å². The molecule has 0 spiro atoms. The van der Waals surface area contributed by atoms with E-state index in [1.165, 1.54) is 0 Å². The summed E-state index contributed by atoms with van der Waals surface area (Å²) in [6.45, 7) is 6.36. The molecule has 0 fully saturated rings. The van der Waals surface area contributed by atoms with E-state index in [1.54, 1.807) is 42.5 Å². The Bertz CT molecular complexity index is 937. The number of hydrogen-bond acceptors (Lipinski definition) is 5. The third-order valence-electron chi connectivity index (χ3n) is 4.01. The van der Waals surface area contributed by atoms with Crippen LogP contribution in [0.3, 0.4) is 0 Å². The highest BCUT2D eigenvalue weighted by molar-refractivity contribution is 8.18. The Labute approximate surface area is 162 Å². The Morgan fingerprint density at radius 3 is 2.22 bits per heavy atom. The molecule has 2 aromatic carbocycles. The Morgan fingerprint density at radius 1 is 1.07 bits per heavy atom. The SMILES string of the molecule is CC(C)(C)c1ccc(C(=O)Oc2ccc(/C=C3\SC(N)=NC3=O)cc2)cc1. The van der Waals surface area contributed by atoms with Gasteiger partial charge in [-0.25, -0.2) is 4.79 Å². The molecular weight excluding hydrogens is 360 g/mol. The van der Waals surface area contributed by atoms with Gasteiger partial charge in [0.15, 0.2) is 5.17 Å². The van der Waals surface area contributed by atoms with Gasteiger partial charge < -0.3 is 10.5 Å². The molecule has 0 bridgehead atoms. The van der Waals surface area contributed by atoms with Crippen LogP contribution in [0.4, 0.5) is 0 Å². The number of thioether (sulfide) groups is 1. The minimum Gasteiger partial charge on any atom is -0.423 e. The van der Waals surface area contributed by atoms with Crippen molar-refractivity contribution in [2.24, 2.45) is 10.7 Å².